The summed E-state index contributed by atoms with van der Waals surface area (Å²) in [5.41, 5.74) is 0.400. The predicted octanol–water partition coefficient (Wildman–Crippen LogP) is 2.78. The molecule has 0 radical (unpaired) electrons. The van der Waals surface area contributed by atoms with Crippen LogP contribution in [-0.2, 0) is 0 Å². The van der Waals surface area contributed by atoms with Crippen LogP contribution in [0.3, 0.4) is 0 Å². The van der Waals surface area contributed by atoms with Crippen LogP contribution in [-0.4, -0.2) is 27.9 Å². The first-order valence-corrected chi connectivity index (χ1v) is 8.18. The number of aromatic nitrogens is 2. The summed E-state index contributed by atoms with van der Waals surface area (Å²) in [7, 11) is 0. The Morgan fingerprint density at radius 2 is 1.90 bits per heavy atom. The highest BCUT2D eigenvalue weighted by molar-refractivity contribution is 5.02. The molecule has 1 aromatic rings. The van der Waals surface area contributed by atoms with E-state index >= 15 is 0 Å². The molecular weight excluding hydrogens is 266 g/mol. The third kappa shape index (κ3) is 3.29. The first-order valence-electron chi connectivity index (χ1n) is 8.18. The molecule has 2 heterocycles. The molecule has 1 aliphatic carbocycles. The Morgan fingerprint density at radius 3 is 2.48 bits per heavy atom. The Labute approximate surface area is 126 Å². The van der Waals surface area contributed by atoms with Crippen LogP contribution in [0.15, 0.2) is 4.52 Å². The van der Waals surface area contributed by atoms with E-state index in [-0.39, 0.29) is 12.1 Å². The second-order valence-electron chi connectivity index (χ2n) is 7.76. The Morgan fingerprint density at radius 1 is 1.19 bits per heavy atom. The summed E-state index contributed by atoms with van der Waals surface area (Å²) < 4.78 is 5.41. The van der Waals surface area contributed by atoms with Gasteiger partial charge < -0.3 is 14.9 Å². The van der Waals surface area contributed by atoms with Crippen molar-refractivity contribution in [2.24, 2.45) is 11.3 Å². The largest absolute Gasteiger partial charge is 0.392 e. The van der Waals surface area contributed by atoms with Gasteiger partial charge in [-0.1, -0.05) is 25.9 Å². The fraction of sp³-hybridized carbons (Fsp3) is 0.875. The summed E-state index contributed by atoms with van der Waals surface area (Å²) >= 11 is 0. The zero-order valence-electron chi connectivity index (χ0n) is 13.3. The van der Waals surface area contributed by atoms with Crippen LogP contribution < -0.4 is 5.32 Å². The van der Waals surface area contributed by atoms with Crippen molar-refractivity contribution in [1.82, 2.24) is 15.5 Å². The number of nitrogens with zero attached hydrogens (tertiary/aromatic N) is 2. The molecule has 2 fully saturated rings. The van der Waals surface area contributed by atoms with Gasteiger partial charge in [-0.3, -0.25) is 0 Å². The van der Waals surface area contributed by atoms with Crippen LogP contribution in [0.4, 0.5) is 0 Å². The lowest BCUT2D eigenvalue weighted by molar-refractivity contribution is 0.166. The average molecular weight is 293 g/mol. The maximum Gasteiger partial charge on any atom is 0.243 e. The smallest absolute Gasteiger partial charge is 0.243 e. The van der Waals surface area contributed by atoms with Gasteiger partial charge in [-0.2, -0.15) is 4.98 Å². The van der Waals surface area contributed by atoms with Gasteiger partial charge in [0.25, 0.3) is 0 Å². The Bertz CT molecular complexity index is 472. The van der Waals surface area contributed by atoms with Gasteiger partial charge >= 0.3 is 0 Å². The summed E-state index contributed by atoms with van der Waals surface area (Å²) in [6.07, 6.45) is 5.17. The molecule has 0 spiro atoms. The number of β-amino-alcohol motifs (C(OH)–C–C–N with tert-alkyl or cyclic N) is 1. The number of nitrogens with one attached hydrogen (secondary N) is 1. The number of hydrogen-bond donors (Lipinski definition) is 2. The molecule has 5 nitrogen and oxygen atoms in total. The zero-order valence-corrected chi connectivity index (χ0v) is 13.3. The number of aliphatic hydroxyl groups excluding tert-OH is 1. The molecule has 1 aromatic heterocycles. The third-order valence-corrected chi connectivity index (χ3v) is 5.18. The van der Waals surface area contributed by atoms with Crippen LogP contribution in [0.5, 0.6) is 0 Å². The summed E-state index contributed by atoms with van der Waals surface area (Å²) in [5.74, 6) is 2.74. The summed E-state index contributed by atoms with van der Waals surface area (Å²) in [5, 5.41) is 17.0. The van der Waals surface area contributed by atoms with Crippen molar-refractivity contribution >= 4 is 0 Å². The Hall–Kier alpha value is -0.940. The van der Waals surface area contributed by atoms with E-state index in [0.29, 0.717) is 30.2 Å². The van der Waals surface area contributed by atoms with Crippen molar-refractivity contribution in [1.29, 1.82) is 0 Å². The van der Waals surface area contributed by atoms with E-state index in [4.69, 9.17) is 4.52 Å². The highest BCUT2D eigenvalue weighted by atomic mass is 16.5. The van der Waals surface area contributed by atoms with E-state index < -0.39 is 0 Å². The molecule has 2 aliphatic rings. The first kappa shape index (κ1) is 15.0. The van der Waals surface area contributed by atoms with Crippen molar-refractivity contribution in [3.05, 3.63) is 11.7 Å². The van der Waals surface area contributed by atoms with E-state index in [1.807, 2.05) is 0 Å². The highest BCUT2D eigenvalue weighted by Crippen LogP contribution is 2.42. The van der Waals surface area contributed by atoms with Crippen molar-refractivity contribution < 1.29 is 9.63 Å². The zero-order chi connectivity index (χ0) is 15.0. The molecule has 1 aliphatic heterocycles. The van der Waals surface area contributed by atoms with Gasteiger partial charge in [0, 0.05) is 12.5 Å². The fourth-order valence-electron chi connectivity index (χ4n) is 3.68. The van der Waals surface area contributed by atoms with Crippen LogP contribution in [0.25, 0.3) is 0 Å². The minimum atomic E-state index is -0.299. The summed E-state index contributed by atoms with van der Waals surface area (Å²) in [6, 6.07) is 0.0205. The molecule has 0 bridgehead atoms. The van der Waals surface area contributed by atoms with Crippen molar-refractivity contribution in [3.8, 4) is 0 Å². The van der Waals surface area contributed by atoms with E-state index in [2.05, 4.69) is 36.2 Å². The second-order valence-corrected chi connectivity index (χ2v) is 7.76. The van der Waals surface area contributed by atoms with E-state index in [1.165, 1.54) is 12.8 Å². The third-order valence-electron chi connectivity index (χ3n) is 5.18. The van der Waals surface area contributed by atoms with Gasteiger partial charge in [-0.15, -0.1) is 0 Å². The molecular formula is C16H27N3O2. The van der Waals surface area contributed by atoms with Crippen LogP contribution in [0.2, 0.25) is 0 Å². The number of hydrogen-bond acceptors (Lipinski definition) is 5. The molecule has 1 saturated heterocycles. The molecule has 3 rings (SSSR count). The first-order chi connectivity index (χ1) is 9.93. The lowest BCUT2D eigenvalue weighted by atomic mass is 9.70. The minimum Gasteiger partial charge on any atom is -0.392 e. The standard InChI is InChI=1S/C16H27N3O2/c1-16(2,3)11-6-4-10(5-7-11)14-18-15(21-19-14)13-8-12(20)9-17-13/h10-13,17,20H,4-9H2,1-3H3/t10?,11?,12?,13-/m0/s1. The molecule has 2 N–H and O–H groups in total. The van der Waals surface area contributed by atoms with Gasteiger partial charge in [-0.25, -0.2) is 0 Å². The van der Waals surface area contributed by atoms with Gasteiger partial charge in [0.15, 0.2) is 5.82 Å². The maximum atomic E-state index is 9.57. The monoisotopic (exact) mass is 293 g/mol. The quantitative estimate of drug-likeness (QED) is 0.877. The van der Waals surface area contributed by atoms with Crippen LogP contribution in [0, 0.1) is 11.3 Å². The van der Waals surface area contributed by atoms with Crippen LogP contribution >= 0.6 is 0 Å². The summed E-state index contributed by atoms with van der Waals surface area (Å²) in [6.45, 7) is 7.61. The highest BCUT2D eigenvalue weighted by Gasteiger charge is 2.33. The predicted molar refractivity (Wildman–Crippen MR) is 79.8 cm³/mol. The molecule has 21 heavy (non-hydrogen) atoms. The normalized spacial score (nSPS) is 34.3. The van der Waals surface area contributed by atoms with E-state index in [0.717, 1.165) is 24.6 Å². The van der Waals surface area contributed by atoms with E-state index in [1.54, 1.807) is 0 Å². The minimum absolute atomic E-state index is 0.0205. The average Bonchev–Trinajstić information content (AvgIpc) is 3.06. The molecule has 0 amide bonds. The maximum absolute atomic E-state index is 9.57. The van der Waals surface area contributed by atoms with Crippen molar-refractivity contribution in [2.75, 3.05) is 6.54 Å². The molecule has 118 valence electrons. The molecule has 1 unspecified atom stereocenters. The molecule has 1 saturated carbocycles. The topological polar surface area (TPSA) is 71.2 Å². The SMILES string of the molecule is CC(C)(C)C1CCC(c2noc([C@@H]3CC(O)CN3)n2)CC1. The second kappa shape index (κ2) is 5.69. The summed E-state index contributed by atoms with van der Waals surface area (Å²) in [4.78, 5) is 4.59. The van der Waals surface area contributed by atoms with Crippen LogP contribution in [0.1, 0.15) is 76.6 Å². The number of aliphatic hydroxyl groups is 1. The lowest BCUT2D eigenvalue weighted by Crippen LogP contribution is -2.25. The fourth-order valence-corrected chi connectivity index (χ4v) is 3.68. The Kier molecular flexibility index (Phi) is 4.06. The molecule has 5 heteroatoms. The Balaban J connectivity index is 1.60. The van der Waals surface area contributed by atoms with Gasteiger partial charge in [-0.05, 0) is 43.4 Å². The van der Waals surface area contributed by atoms with Crippen molar-refractivity contribution in [3.63, 3.8) is 0 Å². The number of rotatable bonds is 2. The van der Waals surface area contributed by atoms with Gasteiger partial charge in [0.2, 0.25) is 5.89 Å². The van der Waals surface area contributed by atoms with E-state index in [9.17, 15) is 5.11 Å². The molecule has 0 aromatic carbocycles. The van der Waals surface area contributed by atoms with Gasteiger partial charge in [0.05, 0.1) is 12.1 Å². The lowest BCUT2D eigenvalue weighted by Gasteiger charge is -2.36. The van der Waals surface area contributed by atoms with Gasteiger partial charge in [0.1, 0.15) is 0 Å². The molecule has 2 atom stereocenters. The van der Waals surface area contributed by atoms with Crippen molar-refractivity contribution in [2.45, 2.75) is 70.9 Å².